The van der Waals surface area contributed by atoms with E-state index in [1.54, 1.807) is 6.07 Å². The molecule has 1 aliphatic rings. The zero-order valence-electron chi connectivity index (χ0n) is 11.0. The summed E-state index contributed by atoms with van der Waals surface area (Å²) in [4.78, 5) is 10.7. The Hall–Kier alpha value is -1.58. The largest absolute Gasteiger partial charge is 0.377 e. The Morgan fingerprint density at radius 1 is 1.39 bits per heavy atom. The van der Waals surface area contributed by atoms with Crippen LogP contribution in [0.5, 0.6) is 0 Å². The van der Waals surface area contributed by atoms with Crippen LogP contribution in [0.25, 0.3) is 0 Å². The molecule has 2 atom stereocenters. The van der Waals surface area contributed by atoms with E-state index in [9.17, 15) is 10.1 Å². The van der Waals surface area contributed by atoms with Gasteiger partial charge in [0, 0.05) is 12.1 Å². The number of benzene rings is 1. The van der Waals surface area contributed by atoms with Gasteiger partial charge in [-0.05, 0) is 37.3 Å². The summed E-state index contributed by atoms with van der Waals surface area (Å²) in [6.07, 6.45) is 4.69. The van der Waals surface area contributed by atoms with Crippen molar-refractivity contribution in [3.05, 3.63) is 33.9 Å². The average molecular weight is 248 g/mol. The van der Waals surface area contributed by atoms with Crippen LogP contribution < -0.4 is 5.32 Å². The number of aryl methyl sites for hydroxylation is 1. The molecule has 2 unspecified atom stereocenters. The lowest BCUT2D eigenvalue weighted by atomic mass is 9.87. The van der Waals surface area contributed by atoms with Crippen molar-refractivity contribution in [1.29, 1.82) is 0 Å². The highest BCUT2D eigenvalue weighted by Gasteiger charge is 2.21. The van der Waals surface area contributed by atoms with E-state index in [0.29, 0.717) is 17.6 Å². The molecule has 0 aromatic heterocycles. The van der Waals surface area contributed by atoms with Gasteiger partial charge in [0.1, 0.15) is 5.69 Å². The molecule has 0 bridgehead atoms. The standard InChI is InChI=1S/C14H20N2O2/c1-10-4-3-5-12(8-10)15-13-7-6-11(2)9-14(13)16(17)18/h6-7,9-10,12,15H,3-5,8H2,1-2H3. The molecule has 4 nitrogen and oxygen atoms in total. The summed E-state index contributed by atoms with van der Waals surface area (Å²) in [6, 6.07) is 5.75. The highest BCUT2D eigenvalue weighted by atomic mass is 16.6. The molecule has 1 saturated carbocycles. The van der Waals surface area contributed by atoms with Crippen LogP contribution in [-0.2, 0) is 0 Å². The van der Waals surface area contributed by atoms with Gasteiger partial charge in [-0.3, -0.25) is 10.1 Å². The number of anilines is 1. The molecule has 0 saturated heterocycles. The van der Waals surface area contributed by atoms with Gasteiger partial charge in [-0.25, -0.2) is 0 Å². The molecule has 1 N–H and O–H groups in total. The molecule has 0 heterocycles. The van der Waals surface area contributed by atoms with Crippen molar-refractivity contribution in [3.63, 3.8) is 0 Å². The quantitative estimate of drug-likeness (QED) is 0.652. The molecule has 0 radical (unpaired) electrons. The third-order valence-corrected chi connectivity index (χ3v) is 3.65. The number of hydrogen-bond donors (Lipinski definition) is 1. The molecule has 2 rings (SSSR count). The Morgan fingerprint density at radius 3 is 2.83 bits per heavy atom. The number of nitrogens with zero attached hydrogens (tertiary/aromatic N) is 1. The summed E-state index contributed by atoms with van der Waals surface area (Å²) in [5.74, 6) is 0.709. The summed E-state index contributed by atoms with van der Waals surface area (Å²) in [5.41, 5.74) is 1.77. The fourth-order valence-corrected chi connectivity index (χ4v) is 2.70. The van der Waals surface area contributed by atoms with E-state index in [1.807, 2.05) is 19.1 Å². The minimum atomic E-state index is -0.304. The van der Waals surface area contributed by atoms with Crippen LogP contribution in [0.4, 0.5) is 11.4 Å². The van der Waals surface area contributed by atoms with E-state index in [4.69, 9.17) is 0 Å². The highest BCUT2D eigenvalue weighted by Crippen LogP contribution is 2.30. The molecule has 18 heavy (non-hydrogen) atoms. The van der Waals surface area contributed by atoms with E-state index in [0.717, 1.165) is 18.4 Å². The molecule has 4 heteroatoms. The lowest BCUT2D eigenvalue weighted by molar-refractivity contribution is -0.384. The summed E-state index contributed by atoms with van der Waals surface area (Å²) in [7, 11) is 0. The molecule has 0 aliphatic heterocycles. The normalized spacial score (nSPS) is 23.7. The van der Waals surface area contributed by atoms with Crippen LogP contribution in [0, 0.1) is 23.0 Å². The SMILES string of the molecule is Cc1ccc(NC2CCCC(C)C2)c([N+](=O)[O-])c1. The molecular formula is C14H20N2O2. The first kappa shape index (κ1) is 12.9. The van der Waals surface area contributed by atoms with Gasteiger partial charge in [-0.2, -0.15) is 0 Å². The van der Waals surface area contributed by atoms with Gasteiger partial charge in [0.2, 0.25) is 0 Å². The molecule has 0 spiro atoms. The number of nitro groups is 1. The molecule has 1 fully saturated rings. The monoisotopic (exact) mass is 248 g/mol. The van der Waals surface area contributed by atoms with Gasteiger partial charge < -0.3 is 5.32 Å². The Labute approximate surface area is 108 Å². The molecule has 1 aromatic rings. The number of nitro benzene ring substituents is 1. The van der Waals surface area contributed by atoms with Crippen LogP contribution >= 0.6 is 0 Å². The maximum atomic E-state index is 11.0. The van der Waals surface area contributed by atoms with Crippen LogP contribution in [0.2, 0.25) is 0 Å². The molecule has 0 amide bonds. The van der Waals surface area contributed by atoms with Crippen molar-refractivity contribution in [2.45, 2.75) is 45.6 Å². The van der Waals surface area contributed by atoms with E-state index in [1.165, 1.54) is 12.8 Å². The summed E-state index contributed by atoms with van der Waals surface area (Å²) in [5, 5.41) is 14.4. The maximum Gasteiger partial charge on any atom is 0.292 e. The Bertz CT molecular complexity index is 445. The topological polar surface area (TPSA) is 55.2 Å². The van der Waals surface area contributed by atoms with Gasteiger partial charge in [0.25, 0.3) is 5.69 Å². The second-order valence-corrected chi connectivity index (χ2v) is 5.39. The van der Waals surface area contributed by atoms with Gasteiger partial charge in [0.15, 0.2) is 0 Å². The fraction of sp³-hybridized carbons (Fsp3) is 0.571. The number of hydrogen-bond acceptors (Lipinski definition) is 3. The van der Waals surface area contributed by atoms with Gasteiger partial charge in [-0.15, -0.1) is 0 Å². The van der Waals surface area contributed by atoms with E-state index in [-0.39, 0.29) is 10.6 Å². The van der Waals surface area contributed by atoms with Gasteiger partial charge >= 0.3 is 0 Å². The number of nitrogens with one attached hydrogen (secondary N) is 1. The van der Waals surface area contributed by atoms with Crippen LogP contribution in [0.3, 0.4) is 0 Å². The minimum absolute atomic E-state index is 0.188. The third kappa shape index (κ3) is 3.00. The molecule has 98 valence electrons. The smallest absolute Gasteiger partial charge is 0.292 e. The van der Waals surface area contributed by atoms with Crippen LogP contribution in [0.1, 0.15) is 38.2 Å². The Balaban J connectivity index is 2.15. The second kappa shape index (κ2) is 5.38. The zero-order chi connectivity index (χ0) is 13.1. The Morgan fingerprint density at radius 2 is 2.17 bits per heavy atom. The minimum Gasteiger partial charge on any atom is -0.377 e. The van der Waals surface area contributed by atoms with Crippen molar-refractivity contribution in [2.75, 3.05) is 5.32 Å². The predicted molar refractivity (Wildman–Crippen MR) is 72.9 cm³/mol. The number of rotatable bonds is 3. The third-order valence-electron chi connectivity index (χ3n) is 3.65. The summed E-state index contributed by atoms with van der Waals surface area (Å²) >= 11 is 0. The first-order valence-electron chi connectivity index (χ1n) is 6.58. The lowest BCUT2D eigenvalue weighted by Gasteiger charge is -2.28. The fourth-order valence-electron chi connectivity index (χ4n) is 2.70. The summed E-state index contributed by atoms with van der Waals surface area (Å²) in [6.45, 7) is 4.12. The average Bonchev–Trinajstić information content (AvgIpc) is 2.31. The van der Waals surface area contributed by atoms with Crippen molar-refractivity contribution in [2.24, 2.45) is 5.92 Å². The van der Waals surface area contributed by atoms with Crippen molar-refractivity contribution in [3.8, 4) is 0 Å². The van der Waals surface area contributed by atoms with E-state index >= 15 is 0 Å². The molecule has 1 aliphatic carbocycles. The first-order chi connectivity index (χ1) is 8.56. The predicted octanol–water partition coefficient (Wildman–Crippen LogP) is 3.89. The summed E-state index contributed by atoms with van der Waals surface area (Å²) < 4.78 is 0. The van der Waals surface area contributed by atoms with Crippen LogP contribution in [0.15, 0.2) is 18.2 Å². The molecular weight excluding hydrogens is 228 g/mol. The lowest BCUT2D eigenvalue weighted by Crippen LogP contribution is -2.26. The first-order valence-corrected chi connectivity index (χ1v) is 6.58. The van der Waals surface area contributed by atoms with E-state index in [2.05, 4.69) is 12.2 Å². The van der Waals surface area contributed by atoms with Gasteiger partial charge in [-0.1, -0.05) is 25.8 Å². The van der Waals surface area contributed by atoms with Crippen LogP contribution in [-0.4, -0.2) is 11.0 Å². The van der Waals surface area contributed by atoms with Crippen molar-refractivity contribution < 1.29 is 4.92 Å². The maximum absolute atomic E-state index is 11.0. The zero-order valence-corrected chi connectivity index (χ0v) is 11.0. The second-order valence-electron chi connectivity index (χ2n) is 5.39. The Kier molecular flexibility index (Phi) is 3.84. The molecule has 1 aromatic carbocycles. The highest BCUT2D eigenvalue weighted by molar-refractivity contribution is 5.63. The van der Waals surface area contributed by atoms with Crippen molar-refractivity contribution in [1.82, 2.24) is 0 Å². The van der Waals surface area contributed by atoms with E-state index < -0.39 is 0 Å². The van der Waals surface area contributed by atoms with Gasteiger partial charge in [0.05, 0.1) is 4.92 Å². The van der Waals surface area contributed by atoms with Crippen molar-refractivity contribution >= 4 is 11.4 Å².